The van der Waals surface area contributed by atoms with Crippen LogP contribution in [-0.4, -0.2) is 36.7 Å². The molecule has 3 heteroatoms. The summed E-state index contributed by atoms with van der Waals surface area (Å²) in [5.74, 6) is 0. The maximum atomic E-state index is 6.21. The molecule has 2 aliphatic rings. The average Bonchev–Trinajstić information content (AvgIpc) is 2.37. The summed E-state index contributed by atoms with van der Waals surface area (Å²) in [5, 5.41) is 0. The number of hydrogen-bond donors (Lipinski definition) is 1. The van der Waals surface area contributed by atoms with Crippen molar-refractivity contribution in [1.82, 2.24) is 4.90 Å². The van der Waals surface area contributed by atoms with Crippen LogP contribution in [0.1, 0.15) is 30.6 Å². The molecular weight excluding hydrogens is 224 g/mol. The van der Waals surface area contributed by atoms with Crippen molar-refractivity contribution in [3.05, 3.63) is 35.4 Å². The van der Waals surface area contributed by atoms with Gasteiger partial charge in [-0.1, -0.05) is 31.2 Å². The van der Waals surface area contributed by atoms with E-state index in [1.807, 2.05) is 0 Å². The maximum absolute atomic E-state index is 6.21. The van der Waals surface area contributed by atoms with Crippen molar-refractivity contribution in [3.8, 4) is 0 Å². The highest BCUT2D eigenvalue weighted by Crippen LogP contribution is 2.30. The first-order valence-corrected chi connectivity index (χ1v) is 6.91. The molecule has 2 heterocycles. The lowest BCUT2D eigenvalue weighted by Gasteiger charge is -2.48. The van der Waals surface area contributed by atoms with Gasteiger partial charge < -0.3 is 10.5 Å². The van der Waals surface area contributed by atoms with Crippen LogP contribution in [0.15, 0.2) is 24.3 Å². The summed E-state index contributed by atoms with van der Waals surface area (Å²) >= 11 is 0. The number of ether oxygens (including phenoxy) is 1. The van der Waals surface area contributed by atoms with E-state index in [2.05, 4.69) is 36.1 Å². The second-order valence-electron chi connectivity index (χ2n) is 5.69. The fourth-order valence-corrected chi connectivity index (χ4v) is 3.06. The molecular formula is C15H22N2O. The van der Waals surface area contributed by atoms with Crippen LogP contribution in [0.3, 0.4) is 0 Å². The van der Waals surface area contributed by atoms with Crippen molar-refractivity contribution >= 4 is 0 Å². The van der Waals surface area contributed by atoms with Gasteiger partial charge in [0.2, 0.25) is 0 Å². The highest BCUT2D eigenvalue weighted by molar-refractivity contribution is 5.31. The summed E-state index contributed by atoms with van der Waals surface area (Å²) in [7, 11) is 0. The Kier molecular flexibility index (Phi) is 3.14. The van der Waals surface area contributed by atoms with Crippen molar-refractivity contribution in [1.29, 1.82) is 0 Å². The summed E-state index contributed by atoms with van der Waals surface area (Å²) in [6.07, 6.45) is 2.34. The van der Waals surface area contributed by atoms with Gasteiger partial charge in [0.1, 0.15) is 0 Å². The van der Waals surface area contributed by atoms with Gasteiger partial charge >= 0.3 is 0 Å². The summed E-state index contributed by atoms with van der Waals surface area (Å²) in [5.41, 5.74) is 9.08. The molecule has 98 valence electrons. The van der Waals surface area contributed by atoms with Crippen LogP contribution in [0.5, 0.6) is 0 Å². The van der Waals surface area contributed by atoms with Crippen molar-refractivity contribution < 1.29 is 4.74 Å². The Morgan fingerprint density at radius 1 is 1.39 bits per heavy atom. The first kappa shape index (κ1) is 12.2. The zero-order valence-electron chi connectivity index (χ0n) is 11.1. The molecule has 0 aliphatic carbocycles. The van der Waals surface area contributed by atoms with Gasteiger partial charge in [0.15, 0.2) is 0 Å². The number of benzene rings is 1. The van der Waals surface area contributed by atoms with E-state index in [1.54, 1.807) is 0 Å². The van der Waals surface area contributed by atoms with Gasteiger partial charge in [-0.2, -0.15) is 0 Å². The van der Waals surface area contributed by atoms with Gasteiger partial charge in [-0.15, -0.1) is 0 Å². The largest absolute Gasteiger partial charge is 0.372 e. The third kappa shape index (κ3) is 2.18. The van der Waals surface area contributed by atoms with Crippen LogP contribution in [-0.2, 0) is 11.2 Å². The third-order valence-corrected chi connectivity index (χ3v) is 4.30. The predicted molar refractivity (Wildman–Crippen MR) is 72.5 cm³/mol. The molecule has 0 saturated carbocycles. The lowest BCUT2D eigenvalue weighted by atomic mass is 9.87. The van der Waals surface area contributed by atoms with Gasteiger partial charge in [-0.3, -0.25) is 4.90 Å². The number of nitrogens with zero attached hydrogens (tertiary/aromatic N) is 1. The molecule has 1 aromatic rings. The smallest absolute Gasteiger partial charge is 0.0954 e. The summed E-state index contributed by atoms with van der Waals surface area (Å²) in [4.78, 5) is 2.41. The Balaban J connectivity index is 1.65. The number of nitrogens with two attached hydrogens (primary N) is 1. The SMILES string of the molecule is CCC1(N)CN(CC2OCCc3ccccc32)C1. The van der Waals surface area contributed by atoms with Crippen LogP contribution in [0.25, 0.3) is 0 Å². The number of hydrogen-bond acceptors (Lipinski definition) is 3. The van der Waals surface area contributed by atoms with Gasteiger partial charge in [0.05, 0.1) is 12.7 Å². The highest BCUT2D eigenvalue weighted by Gasteiger charge is 2.39. The molecule has 3 nitrogen and oxygen atoms in total. The molecule has 1 fully saturated rings. The van der Waals surface area contributed by atoms with E-state index in [1.165, 1.54) is 11.1 Å². The van der Waals surface area contributed by atoms with Gasteiger partial charge in [-0.25, -0.2) is 0 Å². The number of rotatable bonds is 3. The van der Waals surface area contributed by atoms with E-state index in [9.17, 15) is 0 Å². The van der Waals surface area contributed by atoms with Crippen molar-refractivity contribution in [2.75, 3.05) is 26.2 Å². The minimum atomic E-state index is 0.0498. The number of fused-ring (bicyclic) bond motifs is 1. The van der Waals surface area contributed by atoms with Crippen LogP contribution in [0.4, 0.5) is 0 Å². The summed E-state index contributed by atoms with van der Waals surface area (Å²) in [6, 6.07) is 8.65. The van der Waals surface area contributed by atoms with Crippen LogP contribution in [0, 0.1) is 0 Å². The van der Waals surface area contributed by atoms with Crippen LogP contribution in [0.2, 0.25) is 0 Å². The van der Waals surface area contributed by atoms with Crippen molar-refractivity contribution in [3.63, 3.8) is 0 Å². The van der Waals surface area contributed by atoms with E-state index in [0.29, 0.717) is 0 Å². The monoisotopic (exact) mass is 246 g/mol. The molecule has 2 N–H and O–H groups in total. The molecule has 0 aromatic heterocycles. The summed E-state index contributed by atoms with van der Waals surface area (Å²) < 4.78 is 5.93. The second-order valence-corrected chi connectivity index (χ2v) is 5.69. The fourth-order valence-electron chi connectivity index (χ4n) is 3.06. The van der Waals surface area contributed by atoms with Gasteiger partial charge in [0.25, 0.3) is 0 Å². The zero-order valence-corrected chi connectivity index (χ0v) is 11.1. The molecule has 0 amide bonds. The zero-order chi connectivity index (χ0) is 12.6. The maximum Gasteiger partial charge on any atom is 0.0954 e. The normalized spacial score (nSPS) is 26.4. The molecule has 18 heavy (non-hydrogen) atoms. The molecule has 0 spiro atoms. The van der Waals surface area contributed by atoms with Gasteiger partial charge in [0, 0.05) is 25.2 Å². The highest BCUT2D eigenvalue weighted by atomic mass is 16.5. The van der Waals surface area contributed by atoms with Gasteiger partial charge in [-0.05, 0) is 24.0 Å². The molecule has 3 rings (SSSR count). The molecule has 2 aliphatic heterocycles. The Morgan fingerprint density at radius 3 is 2.94 bits per heavy atom. The molecule has 1 saturated heterocycles. The number of likely N-dealkylation sites (tertiary alicyclic amines) is 1. The first-order chi connectivity index (χ1) is 8.70. The Hall–Kier alpha value is -0.900. The van der Waals surface area contributed by atoms with E-state index >= 15 is 0 Å². The third-order valence-electron chi connectivity index (χ3n) is 4.30. The van der Waals surface area contributed by atoms with E-state index in [4.69, 9.17) is 10.5 Å². The average molecular weight is 246 g/mol. The first-order valence-electron chi connectivity index (χ1n) is 6.91. The van der Waals surface area contributed by atoms with Crippen LogP contribution >= 0.6 is 0 Å². The minimum Gasteiger partial charge on any atom is -0.372 e. The second kappa shape index (κ2) is 4.65. The Bertz CT molecular complexity index is 426. The quantitative estimate of drug-likeness (QED) is 0.882. The molecule has 0 bridgehead atoms. The standard InChI is InChI=1S/C15H22N2O/c1-2-15(16)10-17(11-15)9-14-13-6-4-3-5-12(13)7-8-18-14/h3-6,14H,2,7-11,16H2,1H3. The molecule has 1 aromatic carbocycles. The lowest BCUT2D eigenvalue weighted by molar-refractivity contribution is -0.0228. The van der Waals surface area contributed by atoms with Crippen molar-refractivity contribution in [2.45, 2.75) is 31.4 Å². The topological polar surface area (TPSA) is 38.5 Å². The predicted octanol–water partition coefficient (Wildman–Crippen LogP) is 1.72. The molecule has 1 atom stereocenters. The minimum absolute atomic E-state index is 0.0498. The molecule has 0 radical (unpaired) electrons. The van der Waals surface area contributed by atoms with E-state index in [-0.39, 0.29) is 11.6 Å². The lowest BCUT2D eigenvalue weighted by Crippen LogP contribution is -2.67. The molecule has 1 unspecified atom stereocenters. The Labute approximate surface area is 109 Å². The van der Waals surface area contributed by atoms with E-state index in [0.717, 1.165) is 39.1 Å². The fraction of sp³-hybridized carbons (Fsp3) is 0.600. The van der Waals surface area contributed by atoms with E-state index < -0.39 is 0 Å². The summed E-state index contributed by atoms with van der Waals surface area (Å²) in [6.45, 7) is 6.01. The van der Waals surface area contributed by atoms with Crippen molar-refractivity contribution in [2.24, 2.45) is 5.73 Å². The Morgan fingerprint density at radius 2 is 2.17 bits per heavy atom. The van der Waals surface area contributed by atoms with Crippen LogP contribution < -0.4 is 5.73 Å².